The average molecular weight is 290 g/mol. The Morgan fingerprint density at radius 1 is 1.40 bits per heavy atom. The number of rotatable bonds is 4. The molecule has 3 rings (SSSR count). The molecule has 1 aliphatic carbocycles. The van der Waals surface area contributed by atoms with E-state index in [0.717, 1.165) is 23.5 Å². The summed E-state index contributed by atoms with van der Waals surface area (Å²) in [4.78, 5) is 18.8. The van der Waals surface area contributed by atoms with Crippen molar-refractivity contribution in [3.8, 4) is 0 Å². The van der Waals surface area contributed by atoms with Crippen molar-refractivity contribution in [2.75, 3.05) is 0 Å². The van der Waals surface area contributed by atoms with E-state index in [1.54, 1.807) is 23.5 Å². The molecule has 2 aromatic rings. The Morgan fingerprint density at radius 2 is 2.10 bits per heavy atom. The molecule has 1 aromatic carbocycles. The number of aryl methyl sites for hydroxylation is 1. The van der Waals surface area contributed by atoms with Crippen molar-refractivity contribution >= 4 is 17.2 Å². The largest absolute Gasteiger partial charge is 0.330 e. The molecule has 1 aromatic heterocycles. The van der Waals surface area contributed by atoms with E-state index in [9.17, 15) is 9.18 Å². The van der Waals surface area contributed by atoms with Crippen molar-refractivity contribution in [1.82, 2.24) is 9.88 Å². The maximum atomic E-state index is 12.9. The standard InChI is InChI=1S/C15H15FN2OS/c1-10-17-13(9-20-10)8-18(14-6-7-14)15(19)11-2-4-12(16)5-3-11/h2-5,9,14H,6-8H2,1H3. The molecule has 0 saturated heterocycles. The zero-order chi connectivity index (χ0) is 14.1. The second-order valence-electron chi connectivity index (χ2n) is 5.03. The second-order valence-corrected chi connectivity index (χ2v) is 6.09. The number of hydrogen-bond donors (Lipinski definition) is 0. The third-order valence-corrected chi connectivity index (χ3v) is 4.16. The van der Waals surface area contributed by atoms with Crippen molar-refractivity contribution in [3.05, 3.63) is 51.7 Å². The summed E-state index contributed by atoms with van der Waals surface area (Å²) in [6.07, 6.45) is 2.08. The second kappa shape index (κ2) is 5.32. The summed E-state index contributed by atoms with van der Waals surface area (Å²) in [5.41, 5.74) is 1.46. The highest BCUT2D eigenvalue weighted by Crippen LogP contribution is 2.30. The first kappa shape index (κ1) is 13.2. The monoisotopic (exact) mass is 290 g/mol. The molecule has 1 fully saturated rings. The molecule has 20 heavy (non-hydrogen) atoms. The molecule has 0 N–H and O–H groups in total. The number of thiazole rings is 1. The van der Waals surface area contributed by atoms with Crippen LogP contribution in [0.2, 0.25) is 0 Å². The normalized spacial score (nSPS) is 14.3. The van der Waals surface area contributed by atoms with Gasteiger partial charge in [0.1, 0.15) is 5.82 Å². The van der Waals surface area contributed by atoms with Crippen LogP contribution in [-0.4, -0.2) is 21.8 Å². The smallest absolute Gasteiger partial charge is 0.254 e. The lowest BCUT2D eigenvalue weighted by molar-refractivity contribution is 0.0728. The van der Waals surface area contributed by atoms with Gasteiger partial charge in [-0.05, 0) is 44.0 Å². The van der Waals surface area contributed by atoms with E-state index in [1.807, 2.05) is 17.2 Å². The predicted molar refractivity (Wildman–Crippen MR) is 76.1 cm³/mol. The van der Waals surface area contributed by atoms with Crippen LogP contribution in [-0.2, 0) is 6.54 Å². The van der Waals surface area contributed by atoms with Crippen LogP contribution in [0.3, 0.4) is 0 Å². The van der Waals surface area contributed by atoms with E-state index < -0.39 is 0 Å². The lowest BCUT2D eigenvalue weighted by atomic mass is 10.2. The van der Waals surface area contributed by atoms with Crippen LogP contribution < -0.4 is 0 Å². The molecular formula is C15H15FN2OS. The van der Waals surface area contributed by atoms with Gasteiger partial charge in [0.05, 0.1) is 17.2 Å². The first-order valence-corrected chi connectivity index (χ1v) is 7.49. The highest BCUT2D eigenvalue weighted by molar-refractivity contribution is 7.09. The molecule has 3 nitrogen and oxygen atoms in total. The Hall–Kier alpha value is -1.75. The van der Waals surface area contributed by atoms with E-state index in [0.29, 0.717) is 18.2 Å². The fourth-order valence-corrected chi connectivity index (χ4v) is 2.77. The summed E-state index contributed by atoms with van der Waals surface area (Å²) in [5.74, 6) is -0.368. The van der Waals surface area contributed by atoms with Crippen LogP contribution in [0, 0.1) is 12.7 Å². The number of benzene rings is 1. The molecule has 0 atom stereocenters. The number of halogens is 1. The molecule has 0 aliphatic heterocycles. The van der Waals surface area contributed by atoms with E-state index in [1.165, 1.54) is 12.1 Å². The lowest BCUT2D eigenvalue weighted by Gasteiger charge is -2.21. The maximum absolute atomic E-state index is 12.9. The first-order chi connectivity index (χ1) is 9.63. The van der Waals surface area contributed by atoms with Gasteiger partial charge in [-0.1, -0.05) is 0 Å². The lowest BCUT2D eigenvalue weighted by Crippen LogP contribution is -2.32. The van der Waals surface area contributed by atoms with Crippen molar-refractivity contribution < 1.29 is 9.18 Å². The van der Waals surface area contributed by atoms with Crippen LogP contribution in [0.1, 0.15) is 33.9 Å². The number of aromatic nitrogens is 1. The van der Waals surface area contributed by atoms with Gasteiger partial charge in [0.15, 0.2) is 0 Å². The van der Waals surface area contributed by atoms with Gasteiger partial charge in [-0.25, -0.2) is 9.37 Å². The van der Waals surface area contributed by atoms with Crippen LogP contribution in [0.4, 0.5) is 4.39 Å². The molecule has 1 saturated carbocycles. The summed E-state index contributed by atoms with van der Waals surface area (Å²) in [5, 5.41) is 2.99. The Kier molecular flexibility index (Phi) is 3.53. The Balaban J connectivity index is 1.79. The molecule has 1 amide bonds. The van der Waals surface area contributed by atoms with E-state index >= 15 is 0 Å². The molecule has 1 heterocycles. The molecule has 0 unspecified atom stereocenters. The molecule has 104 valence electrons. The summed E-state index contributed by atoms with van der Waals surface area (Å²) in [7, 11) is 0. The molecular weight excluding hydrogens is 275 g/mol. The minimum Gasteiger partial charge on any atom is -0.330 e. The van der Waals surface area contributed by atoms with Crippen molar-refractivity contribution in [1.29, 1.82) is 0 Å². The zero-order valence-corrected chi connectivity index (χ0v) is 12.0. The summed E-state index contributed by atoms with van der Waals surface area (Å²) >= 11 is 1.59. The van der Waals surface area contributed by atoms with Gasteiger partial charge in [0.2, 0.25) is 0 Å². The third-order valence-electron chi connectivity index (χ3n) is 3.34. The van der Waals surface area contributed by atoms with Crippen LogP contribution in [0.25, 0.3) is 0 Å². The van der Waals surface area contributed by atoms with Crippen LogP contribution in [0.15, 0.2) is 29.6 Å². The highest BCUT2D eigenvalue weighted by Gasteiger charge is 2.33. The van der Waals surface area contributed by atoms with Gasteiger partial charge in [-0.2, -0.15) is 0 Å². The topological polar surface area (TPSA) is 33.2 Å². The van der Waals surface area contributed by atoms with Gasteiger partial charge in [-0.15, -0.1) is 11.3 Å². The summed E-state index contributed by atoms with van der Waals surface area (Å²) < 4.78 is 12.9. The van der Waals surface area contributed by atoms with E-state index in [4.69, 9.17) is 0 Å². The first-order valence-electron chi connectivity index (χ1n) is 6.61. The van der Waals surface area contributed by atoms with Gasteiger partial charge < -0.3 is 4.90 Å². The minimum absolute atomic E-state index is 0.0434. The molecule has 0 spiro atoms. The van der Waals surface area contributed by atoms with Crippen LogP contribution in [0.5, 0.6) is 0 Å². The molecule has 0 radical (unpaired) electrons. The number of nitrogens with zero attached hydrogens (tertiary/aromatic N) is 2. The zero-order valence-electron chi connectivity index (χ0n) is 11.2. The molecule has 5 heteroatoms. The minimum atomic E-state index is -0.324. The third kappa shape index (κ3) is 2.88. The average Bonchev–Trinajstić information content (AvgIpc) is 3.19. The van der Waals surface area contributed by atoms with Crippen molar-refractivity contribution in [2.24, 2.45) is 0 Å². The fourth-order valence-electron chi connectivity index (χ4n) is 2.17. The van der Waals surface area contributed by atoms with Crippen LogP contribution >= 0.6 is 11.3 Å². The number of hydrogen-bond acceptors (Lipinski definition) is 3. The fraction of sp³-hybridized carbons (Fsp3) is 0.333. The summed E-state index contributed by atoms with van der Waals surface area (Å²) in [6, 6.07) is 6.03. The van der Waals surface area contributed by atoms with Gasteiger partial charge >= 0.3 is 0 Å². The predicted octanol–water partition coefficient (Wildman–Crippen LogP) is 3.40. The van der Waals surface area contributed by atoms with Gasteiger partial charge in [0.25, 0.3) is 5.91 Å². The van der Waals surface area contributed by atoms with E-state index in [2.05, 4.69) is 4.98 Å². The van der Waals surface area contributed by atoms with Gasteiger partial charge in [0, 0.05) is 17.0 Å². The number of carbonyl (C=O) groups excluding carboxylic acids is 1. The SMILES string of the molecule is Cc1nc(CN(C(=O)c2ccc(F)cc2)C2CC2)cs1. The van der Waals surface area contributed by atoms with Crippen molar-refractivity contribution in [2.45, 2.75) is 32.4 Å². The number of carbonyl (C=O) groups is 1. The molecule has 0 bridgehead atoms. The quantitative estimate of drug-likeness (QED) is 0.864. The maximum Gasteiger partial charge on any atom is 0.254 e. The number of amides is 1. The highest BCUT2D eigenvalue weighted by atomic mass is 32.1. The van der Waals surface area contributed by atoms with Crippen molar-refractivity contribution in [3.63, 3.8) is 0 Å². The Bertz CT molecular complexity index is 619. The van der Waals surface area contributed by atoms with Gasteiger partial charge in [-0.3, -0.25) is 4.79 Å². The Labute approximate surface area is 121 Å². The molecule has 1 aliphatic rings. The van der Waals surface area contributed by atoms with E-state index in [-0.39, 0.29) is 11.7 Å². The summed E-state index contributed by atoms with van der Waals surface area (Å²) in [6.45, 7) is 2.49. The Morgan fingerprint density at radius 3 is 2.65 bits per heavy atom.